The first-order chi connectivity index (χ1) is 14.2. The van der Waals surface area contributed by atoms with Crippen molar-refractivity contribution in [2.75, 3.05) is 11.5 Å². The normalized spacial score (nSPS) is 17.9. The maximum Gasteiger partial charge on any atom is 0.290 e. The summed E-state index contributed by atoms with van der Waals surface area (Å²) in [6.07, 6.45) is 0.360. The highest BCUT2D eigenvalue weighted by Gasteiger charge is 2.36. The fraction of sp³-hybridized carbons (Fsp3) is 0.273. The zero-order chi connectivity index (χ0) is 21.5. The number of carbonyl (C=O) groups excluding carboxylic acids is 1. The van der Waals surface area contributed by atoms with Gasteiger partial charge in [0.2, 0.25) is 0 Å². The zero-order valence-corrected chi connectivity index (χ0v) is 18.7. The van der Waals surface area contributed by atoms with Crippen molar-refractivity contribution in [3.63, 3.8) is 0 Å². The van der Waals surface area contributed by atoms with Crippen molar-refractivity contribution >= 4 is 42.6 Å². The van der Waals surface area contributed by atoms with Crippen molar-refractivity contribution in [3.8, 4) is 0 Å². The van der Waals surface area contributed by atoms with Gasteiger partial charge in [-0.3, -0.25) is 9.59 Å². The third kappa shape index (κ3) is 4.20. The van der Waals surface area contributed by atoms with Crippen LogP contribution in [0.25, 0.3) is 11.0 Å². The molecule has 4 rings (SSSR count). The first-order valence-corrected chi connectivity index (χ1v) is 12.1. The van der Waals surface area contributed by atoms with E-state index >= 15 is 0 Å². The molecule has 0 aliphatic carbocycles. The number of carbonyl (C=O) groups is 1. The van der Waals surface area contributed by atoms with Crippen molar-refractivity contribution in [3.05, 3.63) is 80.1 Å². The van der Waals surface area contributed by atoms with Gasteiger partial charge in [0.25, 0.3) is 5.91 Å². The minimum atomic E-state index is -3.20. The van der Waals surface area contributed by atoms with Gasteiger partial charge in [-0.15, -0.1) is 0 Å². The summed E-state index contributed by atoms with van der Waals surface area (Å²) < 4.78 is 30.8. The molecule has 0 spiro atoms. The molecule has 2 aromatic carbocycles. The Morgan fingerprint density at radius 2 is 1.97 bits per heavy atom. The largest absolute Gasteiger partial charge is 0.450 e. The molecule has 1 fully saturated rings. The summed E-state index contributed by atoms with van der Waals surface area (Å²) in [6, 6.07) is 13.4. The third-order valence-corrected chi connectivity index (χ3v) is 7.56. The molecule has 1 aromatic heterocycles. The average Bonchev–Trinajstić information content (AvgIpc) is 3.06. The highest BCUT2D eigenvalue weighted by Crippen LogP contribution is 2.25. The maximum absolute atomic E-state index is 13.4. The Kier molecular flexibility index (Phi) is 5.55. The molecule has 1 aliphatic heterocycles. The van der Waals surface area contributed by atoms with Crippen molar-refractivity contribution in [1.82, 2.24) is 4.90 Å². The van der Waals surface area contributed by atoms with Gasteiger partial charge in [-0.25, -0.2) is 8.42 Å². The predicted octanol–water partition coefficient (Wildman–Crippen LogP) is 3.69. The number of halogens is 1. The Hall–Kier alpha value is -2.45. The molecule has 1 saturated heterocycles. The molecule has 6 nitrogen and oxygen atoms in total. The predicted molar refractivity (Wildman–Crippen MR) is 118 cm³/mol. The Morgan fingerprint density at radius 3 is 2.67 bits per heavy atom. The Morgan fingerprint density at radius 1 is 1.20 bits per heavy atom. The zero-order valence-electron chi connectivity index (χ0n) is 16.3. The minimum absolute atomic E-state index is 0.0424. The van der Waals surface area contributed by atoms with Gasteiger partial charge in [-0.05, 0) is 42.7 Å². The molecule has 1 aliphatic rings. The topological polar surface area (TPSA) is 84.7 Å². The molecule has 2 heterocycles. The van der Waals surface area contributed by atoms with E-state index in [0.717, 1.165) is 15.6 Å². The summed E-state index contributed by atoms with van der Waals surface area (Å²) in [5.41, 5.74) is 1.67. The molecule has 0 saturated carbocycles. The number of benzene rings is 2. The monoisotopic (exact) mass is 489 g/mol. The van der Waals surface area contributed by atoms with Crippen LogP contribution in [0.5, 0.6) is 0 Å². The molecule has 0 bridgehead atoms. The number of para-hydroxylation sites is 1. The molecule has 156 valence electrons. The van der Waals surface area contributed by atoms with Crippen LogP contribution in [0.2, 0.25) is 0 Å². The van der Waals surface area contributed by atoms with E-state index in [4.69, 9.17) is 4.42 Å². The molecular weight excluding hydrogens is 470 g/mol. The second kappa shape index (κ2) is 8.00. The Labute approximate surface area is 182 Å². The van der Waals surface area contributed by atoms with E-state index in [1.165, 1.54) is 11.0 Å². The van der Waals surface area contributed by atoms with Gasteiger partial charge < -0.3 is 9.32 Å². The van der Waals surface area contributed by atoms with Crippen LogP contribution in [0, 0.1) is 6.92 Å². The Balaban J connectivity index is 1.76. The highest BCUT2D eigenvalue weighted by atomic mass is 79.9. The summed E-state index contributed by atoms with van der Waals surface area (Å²) in [7, 11) is -3.20. The van der Waals surface area contributed by atoms with Crippen molar-refractivity contribution in [2.45, 2.75) is 25.9 Å². The van der Waals surface area contributed by atoms with Gasteiger partial charge in [0, 0.05) is 23.1 Å². The molecule has 1 unspecified atom stereocenters. The van der Waals surface area contributed by atoms with E-state index in [1.54, 1.807) is 12.1 Å². The quantitative estimate of drug-likeness (QED) is 0.557. The van der Waals surface area contributed by atoms with Crippen LogP contribution in [-0.4, -0.2) is 36.8 Å². The Bertz CT molecular complexity index is 1300. The van der Waals surface area contributed by atoms with Crippen LogP contribution >= 0.6 is 15.9 Å². The standard InChI is InChI=1S/C22H20BrNO5S/c1-14-4-2-7-18-19(25)11-20(29-21(14)18)22(26)24(17-8-9-30(27,28)13-17)12-15-5-3-6-16(23)10-15/h2-7,10-11,17H,8-9,12-13H2,1H3. The fourth-order valence-electron chi connectivity index (χ4n) is 3.79. The summed E-state index contributed by atoms with van der Waals surface area (Å²) in [6.45, 7) is 2.02. The van der Waals surface area contributed by atoms with Gasteiger partial charge in [0.1, 0.15) is 5.58 Å². The van der Waals surface area contributed by atoms with Crippen LogP contribution in [0.15, 0.2) is 62.2 Å². The maximum atomic E-state index is 13.4. The average molecular weight is 490 g/mol. The smallest absolute Gasteiger partial charge is 0.290 e. The van der Waals surface area contributed by atoms with Gasteiger partial charge in [0.15, 0.2) is 21.0 Å². The molecule has 3 aromatic rings. The highest BCUT2D eigenvalue weighted by molar-refractivity contribution is 9.10. The van der Waals surface area contributed by atoms with E-state index in [2.05, 4.69) is 15.9 Å². The van der Waals surface area contributed by atoms with Crippen LogP contribution < -0.4 is 5.43 Å². The van der Waals surface area contributed by atoms with Gasteiger partial charge in [-0.2, -0.15) is 0 Å². The lowest BCUT2D eigenvalue weighted by Crippen LogP contribution is -2.41. The van der Waals surface area contributed by atoms with Crippen LogP contribution in [-0.2, 0) is 16.4 Å². The lowest BCUT2D eigenvalue weighted by atomic mass is 10.1. The fourth-order valence-corrected chi connectivity index (χ4v) is 5.96. The van der Waals surface area contributed by atoms with Crippen molar-refractivity contribution < 1.29 is 17.6 Å². The van der Waals surface area contributed by atoms with Crippen LogP contribution in [0.1, 0.15) is 28.1 Å². The third-order valence-electron chi connectivity index (χ3n) is 5.31. The summed E-state index contributed by atoms with van der Waals surface area (Å²) in [5, 5.41) is 0.411. The molecule has 8 heteroatoms. The number of aryl methyl sites for hydroxylation is 1. The van der Waals surface area contributed by atoms with Crippen molar-refractivity contribution in [1.29, 1.82) is 0 Å². The second-order valence-electron chi connectivity index (χ2n) is 7.55. The number of fused-ring (bicyclic) bond motifs is 1. The molecular formula is C22H20BrNO5S. The van der Waals surface area contributed by atoms with E-state index in [0.29, 0.717) is 17.4 Å². The van der Waals surface area contributed by atoms with Gasteiger partial charge in [-0.1, -0.05) is 40.2 Å². The first kappa shape index (κ1) is 20.8. The van der Waals surface area contributed by atoms with Crippen LogP contribution in [0.4, 0.5) is 0 Å². The number of nitrogens with zero attached hydrogens (tertiary/aromatic N) is 1. The second-order valence-corrected chi connectivity index (χ2v) is 10.7. The SMILES string of the molecule is Cc1cccc2c(=O)cc(C(=O)N(Cc3cccc(Br)c3)C3CCS(=O)(=O)C3)oc12. The molecule has 30 heavy (non-hydrogen) atoms. The van der Waals surface area contributed by atoms with Gasteiger partial charge in [0.05, 0.1) is 16.9 Å². The van der Waals surface area contributed by atoms with E-state index in [1.807, 2.05) is 37.3 Å². The summed E-state index contributed by atoms with van der Waals surface area (Å²) in [4.78, 5) is 27.5. The molecule has 0 radical (unpaired) electrons. The van der Waals surface area contributed by atoms with E-state index in [9.17, 15) is 18.0 Å². The number of amides is 1. The summed E-state index contributed by atoms with van der Waals surface area (Å²) in [5.74, 6) is -0.620. The number of hydrogen-bond acceptors (Lipinski definition) is 5. The van der Waals surface area contributed by atoms with Gasteiger partial charge >= 0.3 is 0 Å². The van der Waals surface area contributed by atoms with Crippen molar-refractivity contribution in [2.24, 2.45) is 0 Å². The summed E-state index contributed by atoms with van der Waals surface area (Å²) >= 11 is 3.42. The minimum Gasteiger partial charge on any atom is -0.450 e. The van der Waals surface area contributed by atoms with E-state index < -0.39 is 21.8 Å². The lowest BCUT2D eigenvalue weighted by molar-refractivity contribution is 0.0648. The molecule has 0 N–H and O–H groups in total. The number of rotatable bonds is 4. The lowest BCUT2D eigenvalue weighted by Gasteiger charge is -2.28. The molecule has 1 amide bonds. The molecule has 1 atom stereocenters. The van der Waals surface area contributed by atoms with Crippen LogP contribution in [0.3, 0.4) is 0 Å². The number of sulfone groups is 1. The van der Waals surface area contributed by atoms with E-state index in [-0.39, 0.29) is 29.2 Å². The number of hydrogen-bond donors (Lipinski definition) is 0. The first-order valence-electron chi connectivity index (χ1n) is 9.53.